The van der Waals surface area contributed by atoms with Gasteiger partial charge in [-0.1, -0.05) is 32.1 Å². The van der Waals surface area contributed by atoms with Crippen molar-refractivity contribution in [2.45, 2.75) is 51.6 Å². The maximum absolute atomic E-state index is 11.5. The molecule has 1 aliphatic heterocycles. The van der Waals surface area contributed by atoms with Crippen LogP contribution in [0.2, 0.25) is 0 Å². The SMILES string of the molecule is O=c1nc(CC2CCCCC2)c2c([nH]1)CNC2. The van der Waals surface area contributed by atoms with Gasteiger partial charge in [0.2, 0.25) is 0 Å². The molecule has 0 aromatic carbocycles. The van der Waals surface area contributed by atoms with Crippen LogP contribution < -0.4 is 11.0 Å². The molecule has 1 saturated carbocycles. The standard InChI is InChI=1S/C13H19N3O/c17-13-15-11(6-9-4-2-1-3-5-9)10-7-14-8-12(10)16-13/h9,14H,1-8H2,(H,15,16,17). The van der Waals surface area contributed by atoms with Crippen LogP contribution in [0.5, 0.6) is 0 Å². The molecular weight excluding hydrogens is 214 g/mol. The van der Waals surface area contributed by atoms with Crippen LogP contribution in [0.15, 0.2) is 4.79 Å². The number of hydrogen-bond donors (Lipinski definition) is 2. The lowest BCUT2D eigenvalue weighted by atomic mass is 9.85. The predicted octanol–water partition coefficient (Wildman–Crippen LogP) is 1.50. The fourth-order valence-corrected chi connectivity index (χ4v) is 3.10. The van der Waals surface area contributed by atoms with Crippen LogP contribution in [0.3, 0.4) is 0 Å². The van der Waals surface area contributed by atoms with Crippen molar-refractivity contribution in [3.8, 4) is 0 Å². The first-order chi connectivity index (χ1) is 8.33. The number of nitrogens with one attached hydrogen (secondary N) is 2. The first-order valence-corrected chi connectivity index (χ1v) is 6.64. The Morgan fingerprint density at radius 1 is 1.18 bits per heavy atom. The molecule has 1 fully saturated rings. The van der Waals surface area contributed by atoms with E-state index in [-0.39, 0.29) is 5.69 Å². The monoisotopic (exact) mass is 233 g/mol. The number of H-pyrrole nitrogens is 1. The third-order valence-corrected chi connectivity index (χ3v) is 4.02. The molecule has 2 aliphatic rings. The zero-order valence-corrected chi connectivity index (χ0v) is 10.1. The lowest BCUT2D eigenvalue weighted by molar-refractivity contribution is 0.353. The summed E-state index contributed by atoms with van der Waals surface area (Å²) in [6, 6.07) is 0. The number of rotatable bonds is 2. The van der Waals surface area contributed by atoms with Crippen LogP contribution in [0.1, 0.15) is 49.1 Å². The number of nitrogens with zero attached hydrogens (tertiary/aromatic N) is 1. The van der Waals surface area contributed by atoms with Gasteiger partial charge in [0.15, 0.2) is 0 Å². The fourth-order valence-electron chi connectivity index (χ4n) is 3.10. The molecule has 4 heteroatoms. The first-order valence-electron chi connectivity index (χ1n) is 6.64. The van der Waals surface area contributed by atoms with Gasteiger partial charge in [0.05, 0.1) is 5.69 Å². The van der Waals surface area contributed by atoms with E-state index in [1.807, 2.05) is 0 Å². The van der Waals surface area contributed by atoms with E-state index in [9.17, 15) is 4.79 Å². The van der Waals surface area contributed by atoms with Crippen molar-refractivity contribution in [2.24, 2.45) is 5.92 Å². The molecular formula is C13H19N3O. The van der Waals surface area contributed by atoms with E-state index >= 15 is 0 Å². The van der Waals surface area contributed by atoms with Gasteiger partial charge in [-0.3, -0.25) is 0 Å². The highest BCUT2D eigenvalue weighted by molar-refractivity contribution is 5.28. The average Bonchev–Trinajstić information content (AvgIpc) is 2.78. The molecule has 2 heterocycles. The molecule has 1 aromatic rings. The second-order valence-electron chi connectivity index (χ2n) is 5.26. The van der Waals surface area contributed by atoms with Crippen molar-refractivity contribution >= 4 is 0 Å². The summed E-state index contributed by atoms with van der Waals surface area (Å²) in [5, 5.41) is 3.28. The minimum absolute atomic E-state index is 0.182. The number of aromatic amines is 1. The maximum Gasteiger partial charge on any atom is 0.345 e. The van der Waals surface area contributed by atoms with E-state index in [0.717, 1.165) is 36.8 Å². The van der Waals surface area contributed by atoms with Gasteiger partial charge < -0.3 is 10.3 Å². The number of hydrogen-bond acceptors (Lipinski definition) is 3. The van der Waals surface area contributed by atoms with Gasteiger partial charge >= 0.3 is 5.69 Å². The highest BCUT2D eigenvalue weighted by Crippen LogP contribution is 2.28. The zero-order chi connectivity index (χ0) is 11.7. The largest absolute Gasteiger partial charge is 0.345 e. The van der Waals surface area contributed by atoms with Gasteiger partial charge in [-0.25, -0.2) is 4.79 Å². The van der Waals surface area contributed by atoms with Crippen molar-refractivity contribution in [2.75, 3.05) is 0 Å². The molecule has 0 saturated heterocycles. The highest BCUT2D eigenvalue weighted by Gasteiger charge is 2.21. The van der Waals surface area contributed by atoms with E-state index in [1.165, 1.54) is 37.7 Å². The van der Waals surface area contributed by atoms with Crippen LogP contribution in [-0.4, -0.2) is 9.97 Å². The number of aromatic nitrogens is 2. The molecule has 0 amide bonds. The van der Waals surface area contributed by atoms with Gasteiger partial charge in [0.25, 0.3) is 0 Å². The molecule has 92 valence electrons. The van der Waals surface area contributed by atoms with E-state index in [0.29, 0.717) is 0 Å². The Kier molecular flexibility index (Phi) is 2.97. The second kappa shape index (κ2) is 4.61. The molecule has 0 spiro atoms. The Morgan fingerprint density at radius 3 is 2.82 bits per heavy atom. The molecule has 3 rings (SSSR count). The van der Waals surface area contributed by atoms with Crippen LogP contribution >= 0.6 is 0 Å². The van der Waals surface area contributed by atoms with Crippen molar-refractivity contribution in [3.63, 3.8) is 0 Å². The topological polar surface area (TPSA) is 57.8 Å². The highest BCUT2D eigenvalue weighted by atomic mass is 16.1. The van der Waals surface area contributed by atoms with Gasteiger partial charge in [0, 0.05) is 24.3 Å². The van der Waals surface area contributed by atoms with E-state index < -0.39 is 0 Å². The number of fused-ring (bicyclic) bond motifs is 1. The Hall–Kier alpha value is -1.16. The van der Waals surface area contributed by atoms with Gasteiger partial charge in [-0.05, 0) is 12.3 Å². The van der Waals surface area contributed by atoms with Gasteiger partial charge in [0.1, 0.15) is 0 Å². The van der Waals surface area contributed by atoms with Crippen molar-refractivity contribution in [1.29, 1.82) is 0 Å². The molecule has 1 aliphatic carbocycles. The van der Waals surface area contributed by atoms with Gasteiger partial charge in [-0.2, -0.15) is 4.98 Å². The summed E-state index contributed by atoms with van der Waals surface area (Å²) < 4.78 is 0. The van der Waals surface area contributed by atoms with Gasteiger partial charge in [-0.15, -0.1) is 0 Å². The minimum atomic E-state index is -0.182. The summed E-state index contributed by atoms with van der Waals surface area (Å²) in [6.45, 7) is 1.64. The Bertz CT molecular complexity index is 460. The normalized spacial score (nSPS) is 20.5. The Labute approximate surface area is 101 Å². The Balaban J connectivity index is 1.84. The van der Waals surface area contributed by atoms with E-state index in [1.54, 1.807) is 0 Å². The summed E-state index contributed by atoms with van der Waals surface area (Å²) in [6.07, 6.45) is 7.66. The van der Waals surface area contributed by atoms with Crippen molar-refractivity contribution < 1.29 is 0 Å². The lowest BCUT2D eigenvalue weighted by Crippen LogP contribution is -2.19. The van der Waals surface area contributed by atoms with Crippen LogP contribution in [-0.2, 0) is 19.5 Å². The van der Waals surface area contributed by atoms with E-state index in [4.69, 9.17) is 0 Å². The predicted molar refractivity (Wildman–Crippen MR) is 65.7 cm³/mol. The van der Waals surface area contributed by atoms with Crippen LogP contribution in [0.25, 0.3) is 0 Å². The zero-order valence-electron chi connectivity index (χ0n) is 10.1. The molecule has 0 radical (unpaired) electrons. The summed E-state index contributed by atoms with van der Waals surface area (Å²) in [7, 11) is 0. The van der Waals surface area contributed by atoms with Crippen LogP contribution in [0.4, 0.5) is 0 Å². The molecule has 4 nitrogen and oxygen atoms in total. The smallest absolute Gasteiger partial charge is 0.308 e. The summed E-state index contributed by atoms with van der Waals surface area (Å²) >= 11 is 0. The molecule has 1 aromatic heterocycles. The lowest BCUT2D eigenvalue weighted by Gasteiger charge is -2.21. The molecule has 2 N–H and O–H groups in total. The minimum Gasteiger partial charge on any atom is -0.308 e. The molecule has 17 heavy (non-hydrogen) atoms. The van der Waals surface area contributed by atoms with Crippen LogP contribution in [0, 0.1) is 5.92 Å². The fraction of sp³-hybridized carbons (Fsp3) is 0.692. The quantitative estimate of drug-likeness (QED) is 0.813. The summed E-state index contributed by atoms with van der Waals surface area (Å²) in [5.41, 5.74) is 3.16. The summed E-state index contributed by atoms with van der Waals surface area (Å²) in [5.74, 6) is 0.739. The second-order valence-corrected chi connectivity index (χ2v) is 5.26. The van der Waals surface area contributed by atoms with Crippen molar-refractivity contribution in [3.05, 3.63) is 27.4 Å². The molecule has 0 atom stereocenters. The molecule has 0 bridgehead atoms. The van der Waals surface area contributed by atoms with Crippen molar-refractivity contribution in [1.82, 2.24) is 15.3 Å². The third-order valence-electron chi connectivity index (χ3n) is 4.02. The first kappa shape index (κ1) is 11.0. The average molecular weight is 233 g/mol. The van der Waals surface area contributed by atoms with E-state index in [2.05, 4.69) is 15.3 Å². The third kappa shape index (κ3) is 2.27. The Morgan fingerprint density at radius 2 is 2.00 bits per heavy atom. The summed E-state index contributed by atoms with van der Waals surface area (Å²) in [4.78, 5) is 18.5. The maximum atomic E-state index is 11.5. The molecule has 0 unspecified atom stereocenters.